The van der Waals surface area contributed by atoms with Crippen LogP contribution < -0.4 is 15.5 Å². The number of carbonyl (C=O) groups is 2. The number of aromatic nitrogens is 1. The van der Waals surface area contributed by atoms with Gasteiger partial charge in [0.25, 0.3) is 5.91 Å². The molecule has 7 nitrogen and oxygen atoms in total. The molecule has 33 heavy (non-hydrogen) atoms. The summed E-state index contributed by atoms with van der Waals surface area (Å²) in [6.07, 6.45) is 0.924. The minimum absolute atomic E-state index is 0.0285. The molecule has 8 heteroatoms. The summed E-state index contributed by atoms with van der Waals surface area (Å²) in [5.74, 6) is 0.265. The number of nitrogens with one attached hydrogen (secondary N) is 2. The minimum Gasteiger partial charge on any atom is -0.384 e. The lowest BCUT2D eigenvalue weighted by Crippen LogP contribution is -2.33. The molecule has 2 aliphatic rings. The third-order valence-corrected chi connectivity index (χ3v) is 7.48. The number of nitrogens with zero attached hydrogens (tertiary/aromatic N) is 3. The number of para-hydroxylation sites is 1. The van der Waals surface area contributed by atoms with Crippen molar-refractivity contribution in [2.24, 2.45) is 0 Å². The smallest absolute Gasteiger partial charge is 0.326 e. The molecular formula is C25H27N5O2S. The number of thiazole rings is 1. The lowest BCUT2D eigenvalue weighted by atomic mass is 9.98. The molecule has 0 bridgehead atoms. The molecule has 3 heterocycles. The van der Waals surface area contributed by atoms with Crippen LogP contribution in [0.4, 0.5) is 15.6 Å². The Labute approximate surface area is 197 Å². The monoisotopic (exact) mass is 461 g/mol. The van der Waals surface area contributed by atoms with E-state index in [1.807, 2.05) is 48.2 Å². The van der Waals surface area contributed by atoms with Gasteiger partial charge in [-0.2, -0.15) is 0 Å². The molecular weight excluding hydrogens is 434 g/mol. The van der Waals surface area contributed by atoms with Crippen molar-refractivity contribution in [3.8, 4) is 0 Å². The van der Waals surface area contributed by atoms with E-state index < -0.39 is 0 Å². The van der Waals surface area contributed by atoms with Gasteiger partial charge in [-0.25, -0.2) is 9.78 Å². The van der Waals surface area contributed by atoms with Crippen molar-refractivity contribution in [3.63, 3.8) is 0 Å². The van der Waals surface area contributed by atoms with E-state index in [1.54, 1.807) is 4.90 Å². The quantitative estimate of drug-likeness (QED) is 0.552. The Kier molecular flexibility index (Phi) is 6.00. The predicted octanol–water partition coefficient (Wildman–Crippen LogP) is 4.22. The molecule has 3 aromatic rings. The van der Waals surface area contributed by atoms with Gasteiger partial charge in [0.1, 0.15) is 4.88 Å². The number of aryl methyl sites for hydroxylation is 1. The Hall–Kier alpha value is -3.39. The minimum atomic E-state index is -0.156. The normalized spacial score (nSPS) is 17.2. The number of hydrogen-bond acceptors (Lipinski definition) is 5. The van der Waals surface area contributed by atoms with E-state index in [9.17, 15) is 9.59 Å². The number of amides is 3. The summed E-state index contributed by atoms with van der Waals surface area (Å²) in [5, 5.41) is 7.00. The van der Waals surface area contributed by atoms with E-state index in [2.05, 4.69) is 33.8 Å². The fraction of sp³-hybridized carbons (Fsp3) is 0.320. The van der Waals surface area contributed by atoms with Crippen molar-refractivity contribution in [3.05, 3.63) is 76.3 Å². The summed E-state index contributed by atoms with van der Waals surface area (Å²) in [5.41, 5.74) is 4.23. The summed E-state index contributed by atoms with van der Waals surface area (Å²) in [6, 6.07) is 18.2. The Morgan fingerprint density at radius 3 is 2.79 bits per heavy atom. The zero-order valence-electron chi connectivity index (χ0n) is 18.6. The highest BCUT2D eigenvalue weighted by molar-refractivity contribution is 7.17. The molecule has 0 saturated carbocycles. The molecule has 2 aromatic carbocycles. The maximum absolute atomic E-state index is 13.1. The van der Waals surface area contributed by atoms with E-state index in [0.717, 1.165) is 18.5 Å². The van der Waals surface area contributed by atoms with Gasteiger partial charge in [-0.3, -0.25) is 9.69 Å². The molecule has 0 aliphatic carbocycles. The summed E-state index contributed by atoms with van der Waals surface area (Å²) in [4.78, 5) is 34.5. The maximum atomic E-state index is 13.1. The van der Waals surface area contributed by atoms with Crippen LogP contribution in [0.3, 0.4) is 0 Å². The van der Waals surface area contributed by atoms with E-state index in [-0.39, 0.29) is 11.9 Å². The van der Waals surface area contributed by atoms with Crippen molar-refractivity contribution >= 4 is 34.1 Å². The van der Waals surface area contributed by atoms with Crippen LogP contribution in [0.15, 0.2) is 54.6 Å². The Morgan fingerprint density at radius 2 is 1.94 bits per heavy atom. The average molecular weight is 462 g/mol. The zero-order chi connectivity index (χ0) is 22.8. The molecule has 1 aromatic heterocycles. The van der Waals surface area contributed by atoms with Gasteiger partial charge in [-0.1, -0.05) is 59.9 Å². The van der Waals surface area contributed by atoms with Gasteiger partial charge >= 0.3 is 6.03 Å². The van der Waals surface area contributed by atoms with E-state index >= 15 is 0 Å². The molecule has 3 amide bonds. The second-order valence-corrected chi connectivity index (χ2v) is 9.43. The lowest BCUT2D eigenvalue weighted by molar-refractivity contribution is 0.0954. The number of carbonyl (C=O) groups excluding carboxylic acids is 2. The third-order valence-electron chi connectivity index (χ3n) is 6.30. The average Bonchev–Trinajstić information content (AvgIpc) is 3.53. The Balaban J connectivity index is 1.19. The van der Waals surface area contributed by atoms with Crippen LogP contribution in [0.1, 0.15) is 38.8 Å². The van der Waals surface area contributed by atoms with Gasteiger partial charge in [0.2, 0.25) is 0 Å². The fourth-order valence-electron chi connectivity index (χ4n) is 4.46. The molecule has 170 valence electrons. The molecule has 2 N–H and O–H groups in total. The molecule has 1 unspecified atom stereocenters. The molecule has 1 fully saturated rings. The lowest BCUT2D eigenvalue weighted by Gasteiger charge is -2.19. The van der Waals surface area contributed by atoms with Crippen molar-refractivity contribution in [2.45, 2.75) is 25.8 Å². The van der Waals surface area contributed by atoms with E-state index in [4.69, 9.17) is 0 Å². The highest BCUT2D eigenvalue weighted by Gasteiger charge is 2.33. The SMILES string of the molecule is Cc1nc(N2CCN(CCC3CNc4ccccc43)C2=O)sc1C(=O)NCc1ccccc1. The van der Waals surface area contributed by atoms with Gasteiger partial charge in [-0.15, -0.1) is 0 Å². The molecule has 1 atom stereocenters. The van der Waals surface area contributed by atoms with Crippen LogP contribution in [-0.4, -0.2) is 48.0 Å². The largest absolute Gasteiger partial charge is 0.384 e. The Morgan fingerprint density at radius 1 is 1.15 bits per heavy atom. The first kappa shape index (κ1) is 21.5. The molecule has 0 spiro atoms. The predicted molar refractivity (Wildman–Crippen MR) is 131 cm³/mol. The van der Waals surface area contributed by atoms with Crippen LogP contribution in [0, 0.1) is 6.92 Å². The first-order valence-electron chi connectivity index (χ1n) is 11.3. The van der Waals surface area contributed by atoms with Gasteiger partial charge in [0.15, 0.2) is 5.13 Å². The summed E-state index contributed by atoms with van der Waals surface area (Å²) in [6.45, 7) is 5.18. The van der Waals surface area contributed by atoms with Crippen molar-refractivity contribution in [1.29, 1.82) is 0 Å². The van der Waals surface area contributed by atoms with Gasteiger partial charge in [0.05, 0.1) is 5.69 Å². The number of hydrogen-bond donors (Lipinski definition) is 2. The summed E-state index contributed by atoms with van der Waals surface area (Å²) < 4.78 is 0. The van der Waals surface area contributed by atoms with Crippen LogP contribution in [0.2, 0.25) is 0 Å². The second-order valence-electron chi connectivity index (χ2n) is 8.45. The van der Waals surface area contributed by atoms with Crippen LogP contribution in [-0.2, 0) is 6.54 Å². The van der Waals surface area contributed by atoms with Gasteiger partial charge < -0.3 is 15.5 Å². The number of fused-ring (bicyclic) bond motifs is 1. The van der Waals surface area contributed by atoms with Crippen molar-refractivity contribution in [1.82, 2.24) is 15.2 Å². The third kappa shape index (κ3) is 4.43. The van der Waals surface area contributed by atoms with Gasteiger partial charge in [0, 0.05) is 44.3 Å². The highest BCUT2D eigenvalue weighted by atomic mass is 32.1. The van der Waals surface area contributed by atoms with Crippen LogP contribution in [0.5, 0.6) is 0 Å². The first-order chi connectivity index (χ1) is 16.1. The van der Waals surface area contributed by atoms with E-state index in [1.165, 1.54) is 22.6 Å². The maximum Gasteiger partial charge on any atom is 0.326 e. The fourth-order valence-corrected chi connectivity index (χ4v) is 5.46. The van der Waals surface area contributed by atoms with Crippen molar-refractivity contribution in [2.75, 3.05) is 36.4 Å². The second kappa shape index (κ2) is 9.23. The summed E-state index contributed by atoms with van der Waals surface area (Å²) >= 11 is 1.29. The number of benzene rings is 2. The number of anilines is 2. The number of rotatable bonds is 7. The highest BCUT2D eigenvalue weighted by Crippen LogP contribution is 2.34. The standard InChI is InChI=1S/C25H27N5O2S/c1-17-22(23(31)27-15-18-7-3-2-4-8-18)33-24(28-17)30-14-13-29(25(30)32)12-11-19-16-26-21-10-6-5-9-20(19)21/h2-10,19,26H,11-16H2,1H3,(H,27,31). The Bertz CT molecular complexity index is 1160. The topological polar surface area (TPSA) is 77.6 Å². The summed E-state index contributed by atoms with van der Waals surface area (Å²) in [7, 11) is 0. The molecule has 0 radical (unpaired) electrons. The van der Waals surface area contributed by atoms with Crippen LogP contribution >= 0.6 is 11.3 Å². The van der Waals surface area contributed by atoms with Gasteiger partial charge in [-0.05, 0) is 30.5 Å². The first-order valence-corrected chi connectivity index (χ1v) is 12.1. The molecule has 1 saturated heterocycles. The van der Waals surface area contributed by atoms with Crippen LogP contribution in [0.25, 0.3) is 0 Å². The number of urea groups is 1. The molecule has 2 aliphatic heterocycles. The van der Waals surface area contributed by atoms with E-state index in [0.29, 0.717) is 47.8 Å². The van der Waals surface area contributed by atoms with Crippen molar-refractivity contribution < 1.29 is 9.59 Å². The zero-order valence-corrected chi connectivity index (χ0v) is 19.4. The molecule has 5 rings (SSSR count).